The molecule has 3 nitrogen and oxygen atoms in total. The van der Waals surface area contributed by atoms with Gasteiger partial charge >= 0.3 is 0 Å². The minimum Gasteiger partial charge on any atom is -0.497 e. The van der Waals surface area contributed by atoms with Gasteiger partial charge in [0.1, 0.15) is 5.75 Å². The molecule has 2 rings (SSSR count). The molecule has 1 aliphatic rings. The van der Waals surface area contributed by atoms with Crippen LogP contribution in [0.1, 0.15) is 44.7 Å². The highest BCUT2D eigenvalue weighted by molar-refractivity contribution is 5.80. The monoisotopic (exact) mass is 261 g/mol. The first kappa shape index (κ1) is 13.9. The lowest BCUT2D eigenvalue weighted by molar-refractivity contribution is -0.122. The molecule has 0 radical (unpaired) electrons. The summed E-state index contributed by atoms with van der Waals surface area (Å²) in [6.07, 6.45) is 2.08. The van der Waals surface area contributed by atoms with Crippen LogP contribution in [0.2, 0.25) is 0 Å². The highest BCUT2D eigenvalue weighted by atomic mass is 16.5. The van der Waals surface area contributed by atoms with Gasteiger partial charge in [-0.1, -0.05) is 26.8 Å². The van der Waals surface area contributed by atoms with E-state index in [1.807, 2.05) is 12.1 Å². The van der Waals surface area contributed by atoms with Crippen LogP contribution >= 0.6 is 0 Å². The fraction of sp³-hybridized carbons (Fsp3) is 0.562. The Morgan fingerprint density at radius 1 is 1.37 bits per heavy atom. The number of benzene rings is 1. The van der Waals surface area contributed by atoms with E-state index in [9.17, 15) is 4.79 Å². The molecular weight excluding hydrogens is 238 g/mol. The maximum absolute atomic E-state index is 11.7. The minimum absolute atomic E-state index is 0.0359. The summed E-state index contributed by atoms with van der Waals surface area (Å²) in [6, 6.07) is 6.07. The molecule has 1 saturated carbocycles. The van der Waals surface area contributed by atoms with Crippen molar-refractivity contribution in [3.8, 4) is 5.75 Å². The second-order valence-electron chi connectivity index (χ2n) is 6.27. The quantitative estimate of drug-likeness (QED) is 0.904. The van der Waals surface area contributed by atoms with Gasteiger partial charge in [0, 0.05) is 12.5 Å². The van der Waals surface area contributed by atoms with E-state index < -0.39 is 0 Å². The normalized spacial score (nSPS) is 15.2. The molecule has 3 heteroatoms. The topological polar surface area (TPSA) is 38.3 Å². The SMILES string of the molecule is COc1ccc(CNC(=O)C2CC2)c(C(C)(C)C)c1. The predicted octanol–water partition coefficient (Wildman–Crippen LogP) is 3.02. The summed E-state index contributed by atoms with van der Waals surface area (Å²) in [5.41, 5.74) is 2.43. The van der Waals surface area contributed by atoms with Crippen molar-refractivity contribution in [3.63, 3.8) is 0 Å². The van der Waals surface area contributed by atoms with Gasteiger partial charge < -0.3 is 10.1 Å². The number of rotatable bonds is 4. The van der Waals surface area contributed by atoms with Crippen LogP contribution in [-0.2, 0) is 16.8 Å². The molecule has 0 bridgehead atoms. The van der Waals surface area contributed by atoms with Crippen molar-refractivity contribution in [2.45, 2.75) is 45.6 Å². The van der Waals surface area contributed by atoms with Crippen molar-refractivity contribution in [2.75, 3.05) is 7.11 Å². The summed E-state index contributed by atoms with van der Waals surface area (Å²) in [6.45, 7) is 7.13. The molecule has 1 amide bonds. The molecule has 0 saturated heterocycles. The Bertz CT molecular complexity index is 470. The van der Waals surface area contributed by atoms with E-state index in [2.05, 4.69) is 32.2 Å². The van der Waals surface area contributed by atoms with E-state index in [1.54, 1.807) is 7.11 Å². The Morgan fingerprint density at radius 2 is 2.05 bits per heavy atom. The Labute approximate surface area is 115 Å². The molecule has 0 heterocycles. The Morgan fingerprint density at radius 3 is 2.58 bits per heavy atom. The Kier molecular flexibility index (Phi) is 3.83. The second-order valence-corrected chi connectivity index (χ2v) is 6.27. The van der Waals surface area contributed by atoms with Crippen LogP contribution in [0.3, 0.4) is 0 Å². The predicted molar refractivity (Wildman–Crippen MR) is 76.3 cm³/mol. The van der Waals surface area contributed by atoms with Crippen molar-refractivity contribution in [1.82, 2.24) is 5.32 Å². The van der Waals surface area contributed by atoms with Gasteiger partial charge in [0.15, 0.2) is 0 Å². The zero-order chi connectivity index (χ0) is 14.0. The second kappa shape index (κ2) is 5.24. The summed E-state index contributed by atoms with van der Waals surface area (Å²) in [7, 11) is 1.68. The number of carbonyl (C=O) groups excluding carboxylic acids is 1. The van der Waals surface area contributed by atoms with Crippen LogP contribution in [0.15, 0.2) is 18.2 Å². The van der Waals surface area contributed by atoms with Crippen molar-refractivity contribution in [1.29, 1.82) is 0 Å². The van der Waals surface area contributed by atoms with Gasteiger partial charge in [-0.15, -0.1) is 0 Å². The zero-order valence-corrected chi connectivity index (χ0v) is 12.2. The van der Waals surface area contributed by atoms with Gasteiger partial charge in [0.05, 0.1) is 7.11 Å². The van der Waals surface area contributed by atoms with Crippen LogP contribution in [0.25, 0.3) is 0 Å². The van der Waals surface area contributed by atoms with Crippen LogP contribution in [0, 0.1) is 5.92 Å². The lowest BCUT2D eigenvalue weighted by Gasteiger charge is -2.24. The molecular formula is C16H23NO2. The van der Waals surface area contributed by atoms with Gasteiger partial charge in [-0.3, -0.25) is 4.79 Å². The molecule has 1 fully saturated rings. The first-order valence-electron chi connectivity index (χ1n) is 6.87. The molecule has 0 aliphatic heterocycles. The maximum atomic E-state index is 11.7. The molecule has 1 N–H and O–H groups in total. The van der Waals surface area contributed by atoms with E-state index in [-0.39, 0.29) is 17.2 Å². The van der Waals surface area contributed by atoms with E-state index >= 15 is 0 Å². The van der Waals surface area contributed by atoms with Crippen molar-refractivity contribution >= 4 is 5.91 Å². The number of methoxy groups -OCH3 is 1. The summed E-state index contributed by atoms with van der Waals surface area (Å²) >= 11 is 0. The highest BCUT2D eigenvalue weighted by Gasteiger charge is 2.29. The molecule has 0 aromatic heterocycles. The number of hydrogen-bond acceptors (Lipinski definition) is 2. The van der Waals surface area contributed by atoms with Crippen LogP contribution in [0.4, 0.5) is 0 Å². The first-order valence-corrected chi connectivity index (χ1v) is 6.87. The molecule has 19 heavy (non-hydrogen) atoms. The molecule has 0 atom stereocenters. The molecule has 1 aromatic carbocycles. The molecule has 104 valence electrons. The van der Waals surface area contributed by atoms with Gasteiger partial charge in [-0.25, -0.2) is 0 Å². The minimum atomic E-state index is 0.0359. The standard InChI is InChI=1S/C16H23NO2/c1-16(2,3)14-9-13(19-4)8-7-12(14)10-17-15(18)11-5-6-11/h7-9,11H,5-6,10H2,1-4H3,(H,17,18). The number of ether oxygens (including phenoxy) is 1. The van der Waals surface area contributed by atoms with Gasteiger partial charge in [-0.05, 0) is 41.5 Å². The Hall–Kier alpha value is -1.51. The fourth-order valence-corrected chi connectivity index (χ4v) is 2.21. The smallest absolute Gasteiger partial charge is 0.223 e. The number of nitrogens with one attached hydrogen (secondary N) is 1. The summed E-state index contributed by atoms with van der Waals surface area (Å²) in [5, 5.41) is 3.03. The van der Waals surface area contributed by atoms with Crippen LogP contribution < -0.4 is 10.1 Å². The summed E-state index contributed by atoms with van der Waals surface area (Å²) in [4.78, 5) is 11.7. The van der Waals surface area contributed by atoms with Crippen molar-refractivity contribution in [3.05, 3.63) is 29.3 Å². The van der Waals surface area contributed by atoms with E-state index in [4.69, 9.17) is 4.74 Å². The van der Waals surface area contributed by atoms with Crippen LogP contribution in [0.5, 0.6) is 5.75 Å². The molecule has 1 aromatic rings. The van der Waals surface area contributed by atoms with Gasteiger partial charge in [0.25, 0.3) is 0 Å². The molecule has 0 spiro atoms. The van der Waals surface area contributed by atoms with Crippen molar-refractivity contribution in [2.24, 2.45) is 5.92 Å². The van der Waals surface area contributed by atoms with Crippen molar-refractivity contribution < 1.29 is 9.53 Å². The zero-order valence-electron chi connectivity index (χ0n) is 12.2. The summed E-state index contributed by atoms with van der Waals surface area (Å²) in [5.74, 6) is 1.31. The average molecular weight is 261 g/mol. The first-order chi connectivity index (χ1) is 8.91. The third-order valence-corrected chi connectivity index (χ3v) is 3.53. The van der Waals surface area contributed by atoms with Crippen LogP contribution in [-0.4, -0.2) is 13.0 Å². The largest absolute Gasteiger partial charge is 0.497 e. The highest BCUT2D eigenvalue weighted by Crippen LogP contribution is 2.31. The maximum Gasteiger partial charge on any atom is 0.223 e. The lowest BCUT2D eigenvalue weighted by Crippen LogP contribution is -2.26. The number of hydrogen-bond donors (Lipinski definition) is 1. The van der Waals surface area contributed by atoms with E-state index in [0.29, 0.717) is 6.54 Å². The molecule has 1 aliphatic carbocycles. The van der Waals surface area contributed by atoms with Gasteiger partial charge in [0.2, 0.25) is 5.91 Å². The number of carbonyl (C=O) groups is 1. The summed E-state index contributed by atoms with van der Waals surface area (Å²) < 4.78 is 5.29. The number of amides is 1. The Balaban J connectivity index is 2.15. The fourth-order valence-electron chi connectivity index (χ4n) is 2.21. The van der Waals surface area contributed by atoms with E-state index in [1.165, 1.54) is 11.1 Å². The third kappa shape index (κ3) is 3.49. The third-order valence-electron chi connectivity index (χ3n) is 3.53. The average Bonchev–Trinajstić information content (AvgIpc) is 3.18. The molecule has 0 unspecified atom stereocenters. The van der Waals surface area contributed by atoms with E-state index in [0.717, 1.165) is 18.6 Å². The lowest BCUT2D eigenvalue weighted by atomic mass is 9.83. The van der Waals surface area contributed by atoms with Gasteiger partial charge in [-0.2, -0.15) is 0 Å².